The summed E-state index contributed by atoms with van der Waals surface area (Å²) < 4.78 is 4.68. The number of thiocarbonyl (C=S) groups is 1. The Hall–Kier alpha value is -2.74. The monoisotopic (exact) mass is 375 g/mol. The van der Waals surface area contributed by atoms with Gasteiger partial charge in [0.05, 0.1) is 6.61 Å². The molecule has 0 unspecified atom stereocenters. The van der Waals surface area contributed by atoms with Crippen LogP contribution in [0.3, 0.4) is 0 Å². The minimum absolute atomic E-state index is 0.0223. The predicted molar refractivity (Wildman–Crippen MR) is 102 cm³/mol. The molecule has 0 bridgehead atoms. The summed E-state index contributed by atoms with van der Waals surface area (Å²) in [6.07, 6.45) is 4.16. The maximum atomic E-state index is 12.3. The number of rotatable bonds is 5. The highest BCUT2D eigenvalue weighted by atomic mass is 32.1. The fourth-order valence-corrected chi connectivity index (χ4v) is 2.67. The molecule has 1 aliphatic rings. The number of nitrogens with one attached hydrogen (secondary N) is 2. The fourth-order valence-electron chi connectivity index (χ4n) is 2.45. The summed E-state index contributed by atoms with van der Waals surface area (Å²) in [4.78, 5) is 36.9. The van der Waals surface area contributed by atoms with E-state index < -0.39 is 11.9 Å². The number of esters is 1. The van der Waals surface area contributed by atoms with Crippen LogP contribution >= 0.6 is 12.2 Å². The van der Waals surface area contributed by atoms with Crippen LogP contribution in [0.2, 0.25) is 0 Å². The molecule has 0 radical (unpaired) electrons. The summed E-state index contributed by atoms with van der Waals surface area (Å²) in [5.74, 6) is -1.12. The van der Waals surface area contributed by atoms with E-state index in [2.05, 4.69) is 15.4 Å². The molecule has 26 heavy (non-hydrogen) atoms. The first-order valence-electron chi connectivity index (χ1n) is 8.35. The Balaban J connectivity index is 1.84. The van der Waals surface area contributed by atoms with E-state index >= 15 is 0 Å². The third-order valence-electron chi connectivity index (χ3n) is 3.68. The molecule has 1 fully saturated rings. The SMILES string of the molecule is CCOC(=O)/C=C/C(=O)NC(=S)Nc1ccc(C(=O)N2CCCC2)cc1. The number of carbonyl (C=O) groups excluding carboxylic acids is 3. The number of ether oxygens (including phenoxy) is 1. The maximum Gasteiger partial charge on any atom is 0.330 e. The van der Waals surface area contributed by atoms with Crippen LogP contribution in [-0.2, 0) is 14.3 Å². The van der Waals surface area contributed by atoms with Crippen LogP contribution in [0, 0.1) is 0 Å². The van der Waals surface area contributed by atoms with Gasteiger partial charge in [-0.15, -0.1) is 0 Å². The van der Waals surface area contributed by atoms with Gasteiger partial charge in [-0.1, -0.05) is 0 Å². The number of hydrogen-bond donors (Lipinski definition) is 2. The molecule has 8 heteroatoms. The zero-order valence-corrected chi connectivity index (χ0v) is 15.3. The third-order valence-corrected chi connectivity index (χ3v) is 3.88. The Labute approximate surface area is 157 Å². The first-order chi connectivity index (χ1) is 12.5. The lowest BCUT2D eigenvalue weighted by molar-refractivity contribution is -0.137. The zero-order valence-electron chi connectivity index (χ0n) is 14.5. The lowest BCUT2D eigenvalue weighted by Crippen LogP contribution is -2.33. The number of amides is 2. The second-order valence-corrected chi connectivity index (χ2v) is 6.01. The van der Waals surface area contributed by atoms with Gasteiger partial charge in [-0.2, -0.15) is 0 Å². The molecular weight excluding hydrogens is 354 g/mol. The van der Waals surface area contributed by atoms with E-state index in [4.69, 9.17) is 12.2 Å². The summed E-state index contributed by atoms with van der Waals surface area (Å²) in [5.41, 5.74) is 1.26. The zero-order chi connectivity index (χ0) is 18.9. The predicted octanol–water partition coefficient (Wildman–Crippen LogP) is 1.85. The first-order valence-corrected chi connectivity index (χ1v) is 8.76. The van der Waals surface area contributed by atoms with Crippen molar-refractivity contribution >= 4 is 40.8 Å². The highest BCUT2D eigenvalue weighted by Gasteiger charge is 2.19. The lowest BCUT2D eigenvalue weighted by Gasteiger charge is -2.15. The van der Waals surface area contributed by atoms with Crippen LogP contribution in [-0.4, -0.2) is 47.5 Å². The van der Waals surface area contributed by atoms with Crippen LogP contribution in [0.1, 0.15) is 30.1 Å². The van der Waals surface area contributed by atoms with Gasteiger partial charge in [0.25, 0.3) is 5.91 Å². The van der Waals surface area contributed by atoms with E-state index in [0.717, 1.165) is 38.1 Å². The molecule has 0 saturated carbocycles. The molecule has 2 rings (SSSR count). The average Bonchev–Trinajstić information content (AvgIpc) is 3.15. The van der Waals surface area contributed by atoms with Gasteiger partial charge in [-0.3, -0.25) is 14.9 Å². The Morgan fingerprint density at radius 2 is 1.81 bits per heavy atom. The molecule has 0 spiro atoms. The van der Waals surface area contributed by atoms with Crippen molar-refractivity contribution in [3.8, 4) is 0 Å². The molecular formula is C18H21N3O4S. The summed E-state index contributed by atoms with van der Waals surface area (Å²) in [5, 5.41) is 5.35. The average molecular weight is 375 g/mol. The molecule has 138 valence electrons. The Kier molecular flexibility index (Phi) is 7.28. The van der Waals surface area contributed by atoms with E-state index in [9.17, 15) is 14.4 Å². The fraction of sp³-hybridized carbons (Fsp3) is 0.333. The number of hydrogen-bond acceptors (Lipinski definition) is 5. The van der Waals surface area contributed by atoms with Gasteiger partial charge >= 0.3 is 5.97 Å². The van der Waals surface area contributed by atoms with Crippen molar-refractivity contribution in [1.29, 1.82) is 0 Å². The number of carbonyl (C=O) groups is 3. The second kappa shape index (κ2) is 9.67. The first kappa shape index (κ1) is 19.6. The smallest absolute Gasteiger partial charge is 0.330 e. The summed E-state index contributed by atoms with van der Waals surface area (Å²) >= 11 is 5.05. The normalized spacial score (nSPS) is 13.5. The number of likely N-dealkylation sites (tertiary alicyclic amines) is 1. The highest BCUT2D eigenvalue weighted by molar-refractivity contribution is 7.80. The van der Waals surface area contributed by atoms with Crippen LogP contribution < -0.4 is 10.6 Å². The maximum absolute atomic E-state index is 12.3. The molecule has 0 aliphatic carbocycles. The standard InChI is InChI=1S/C18H21N3O4S/c1-2-25-16(23)10-9-15(22)20-18(26)19-14-7-5-13(6-8-14)17(24)21-11-3-4-12-21/h5-10H,2-4,11-12H2,1H3,(H2,19,20,22,26)/b10-9+. The largest absolute Gasteiger partial charge is 0.463 e. The quantitative estimate of drug-likeness (QED) is 0.464. The molecule has 2 N–H and O–H groups in total. The molecule has 1 aromatic carbocycles. The summed E-state index contributed by atoms with van der Waals surface area (Å²) in [7, 11) is 0. The van der Waals surface area contributed by atoms with Crippen molar-refractivity contribution in [2.24, 2.45) is 0 Å². The summed E-state index contributed by atoms with van der Waals surface area (Å²) in [6.45, 7) is 3.51. The number of benzene rings is 1. The van der Waals surface area contributed by atoms with E-state index in [1.54, 1.807) is 31.2 Å². The van der Waals surface area contributed by atoms with Gasteiger partial charge in [0, 0.05) is 36.5 Å². The van der Waals surface area contributed by atoms with Crippen molar-refractivity contribution in [3.63, 3.8) is 0 Å². The Bertz CT molecular complexity index is 710. The van der Waals surface area contributed by atoms with Crippen LogP contribution in [0.5, 0.6) is 0 Å². The van der Waals surface area contributed by atoms with Gasteiger partial charge in [0.1, 0.15) is 0 Å². The van der Waals surface area contributed by atoms with Crippen molar-refractivity contribution in [2.75, 3.05) is 25.0 Å². The van der Waals surface area contributed by atoms with Crippen molar-refractivity contribution in [2.45, 2.75) is 19.8 Å². The van der Waals surface area contributed by atoms with Gasteiger partial charge in [-0.05, 0) is 56.2 Å². The number of anilines is 1. The van der Waals surface area contributed by atoms with Crippen LogP contribution in [0.15, 0.2) is 36.4 Å². The van der Waals surface area contributed by atoms with Gasteiger partial charge in [0.2, 0.25) is 5.91 Å². The minimum Gasteiger partial charge on any atom is -0.463 e. The minimum atomic E-state index is -0.597. The Morgan fingerprint density at radius 1 is 1.15 bits per heavy atom. The lowest BCUT2D eigenvalue weighted by atomic mass is 10.2. The molecule has 0 aromatic heterocycles. The van der Waals surface area contributed by atoms with E-state index in [1.807, 2.05) is 4.90 Å². The van der Waals surface area contributed by atoms with Gasteiger partial charge in [0.15, 0.2) is 5.11 Å². The van der Waals surface area contributed by atoms with Crippen LogP contribution in [0.25, 0.3) is 0 Å². The molecule has 1 heterocycles. The molecule has 7 nitrogen and oxygen atoms in total. The Morgan fingerprint density at radius 3 is 2.42 bits per heavy atom. The molecule has 1 saturated heterocycles. The summed E-state index contributed by atoms with van der Waals surface area (Å²) in [6, 6.07) is 6.87. The number of nitrogens with zero attached hydrogens (tertiary/aromatic N) is 1. The van der Waals surface area contributed by atoms with E-state index in [0.29, 0.717) is 11.3 Å². The third kappa shape index (κ3) is 5.96. The van der Waals surface area contributed by atoms with E-state index in [1.165, 1.54) is 0 Å². The second-order valence-electron chi connectivity index (χ2n) is 5.61. The molecule has 1 aromatic rings. The van der Waals surface area contributed by atoms with Crippen LogP contribution in [0.4, 0.5) is 5.69 Å². The molecule has 2 amide bonds. The van der Waals surface area contributed by atoms with Gasteiger partial charge < -0.3 is 15.0 Å². The molecule has 1 aliphatic heterocycles. The van der Waals surface area contributed by atoms with Crippen molar-refractivity contribution in [3.05, 3.63) is 42.0 Å². The molecule has 0 atom stereocenters. The van der Waals surface area contributed by atoms with Crippen molar-refractivity contribution in [1.82, 2.24) is 10.2 Å². The highest BCUT2D eigenvalue weighted by Crippen LogP contribution is 2.15. The topological polar surface area (TPSA) is 87.7 Å². The van der Waals surface area contributed by atoms with E-state index in [-0.39, 0.29) is 17.6 Å². The van der Waals surface area contributed by atoms with Crippen molar-refractivity contribution < 1.29 is 19.1 Å². The van der Waals surface area contributed by atoms with Gasteiger partial charge in [-0.25, -0.2) is 4.79 Å².